The number of nitrogens with zero attached hydrogens (tertiary/aromatic N) is 3. The second-order valence-electron chi connectivity index (χ2n) is 7.76. The molecule has 0 unspecified atom stereocenters. The molecule has 1 aliphatic rings. The van der Waals surface area contributed by atoms with E-state index in [4.69, 9.17) is 16.3 Å². The van der Waals surface area contributed by atoms with Gasteiger partial charge in [0, 0.05) is 37.9 Å². The SMILES string of the molecule is COc1ccc(NC(=O)CN(C)C(=O)C2CCN(c3ncc(C(F)(F)F)cc3Cl)CC2)cc1. The summed E-state index contributed by atoms with van der Waals surface area (Å²) in [5.41, 5.74) is -0.313. The highest BCUT2D eigenvalue weighted by molar-refractivity contribution is 6.33. The Labute approximate surface area is 194 Å². The van der Waals surface area contributed by atoms with Gasteiger partial charge in [-0.05, 0) is 43.2 Å². The number of ether oxygens (including phenoxy) is 1. The van der Waals surface area contributed by atoms with Gasteiger partial charge in [0.05, 0.1) is 24.2 Å². The number of carbonyl (C=O) groups is 2. The molecule has 1 N–H and O–H groups in total. The third kappa shape index (κ3) is 6.28. The molecule has 0 atom stereocenters. The number of pyridine rings is 1. The van der Waals surface area contributed by atoms with Crippen molar-refractivity contribution in [2.75, 3.05) is 44.0 Å². The molecule has 1 aromatic carbocycles. The lowest BCUT2D eigenvalue weighted by Crippen LogP contribution is -2.43. The van der Waals surface area contributed by atoms with E-state index in [1.807, 2.05) is 0 Å². The minimum absolute atomic E-state index is 0.0816. The summed E-state index contributed by atoms with van der Waals surface area (Å²) in [6.07, 6.45) is -2.81. The summed E-state index contributed by atoms with van der Waals surface area (Å²) >= 11 is 6.03. The van der Waals surface area contributed by atoms with E-state index in [1.165, 1.54) is 4.90 Å². The van der Waals surface area contributed by atoms with Gasteiger partial charge in [-0.1, -0.05) is 11.6 Å². The molecule has 2 aromatic rings. The predicted octanol–water partition coefficient (Wildman–Crippen LogP) is 4.08. The van der Waals surface area contributed by atoms with Gasteiger partial charge in [-0.3, -0.25) is 9.59 Å². The maximum Gasteiger partial charge on any atom is 0.417 e. The zero-order valence-corrected chi connectivity index (χ0v) is 18.9. The van der Waals surface area contributed by atoms with Crippen LogP contribution in [0.15, 0.2) is 36.5 Å². The number of amides is 2. The quantitative estimate of drug-likeness (QED) is 0.669. The highest BCUT2D eigenvalue weighted by Crippen LogP contribution is 2.34. The predicted molar refractivity (Wildman–Crippen MR) is 118 cm³/mol. The molecule has 178 valence electrons. The lowest BCUT2D eigenvalue weighted by atomic mass is 9.95. The number of nitrogens with one attached hydrogen (secondary N) is 1. The zero-order chi connectivity index (χ0) is 24.2. The number of benzene rings is 1. The van der Waals surface area contributed by atoms with Crippen LogP contribution in [0.2, 0.25) is 5.02 Å². The first kappa shape index (κ1) is 24.6. The maximum atomic E-state index is 12.8. The van der Waals surface area contributed by atoms with Gasteiger partial charge in [0.1, 0.15) is 11.6 Å². The van der Waals surface area contributed by atoms with Crippen LogP contribution in [0.3, 0.4) is 0 Å². The number of aromatic nitrogens is 1. The number of piperidine rings is 1. The molecule has 7 nitrogen and oxygen atoms in total. The fourth-order valence-electron chi connectivity index (χ4n) is 3.64. The molecular formula is C22H24ClF3N4O3. The number of hydrogen-bond acceptors (Lipinski definition) is 5. The fraction of sp³-hybridized carbons (Fsp3) is 0.409. The molecule has 1 aromatic heterocycles. The highest BCUT2D eigenvalue weighted by Gasteiger charge is 2.33. The number of rotatable bonds is 6. The number of carbonyl (C=O) groups excluding carboxylic acids is 2. The van der Waals surface area contributed by atoms with Gasteiger partial charge in [-0.25, -0.2) is 4.98 Å². The van der Waals surface area contributed by atoms with Crippen molar-refractivity contribution in [1.29, 1.82) is 0 Å². The van der Waals surface area contributed by atoms with Crippen molar-refractivity contribution < 1.29 is 27.5 Å². The van der Waals surface area contributed by atoms with Crippen LogP contribution in [0.25, 0.3) is 0 Å². The Kier molecular flexibility index (Phi) is 7.68. The van der Waals surface area contributed by atoms with E-state index in [9.17, 15) is 22.8 Å². The number of hydrogen-bond donors (Lipinski definition) is 1. The first-order chi connectivity index (χ1) is 15.6. The van der Waals surface area contributed by atoms with Gasteiger partial charge in [0.2, 0.25) is 11.8 Å². The summed E-state index contributed by atoms with van der Waals surface area (Å²) in [5, 5.41) is 2.65. The first-order valence-corrected chi connectivity index (χ1v) is 10.6. The topological polar surface area (TPSA) is 74.8 Å². The van der Waals surface area contributed by atoms with E-state index >= 15 is 0 Å². The molecule has 0 saturated carbocycles. The number of methoxy groups -OCH3 is 1. The Balaban J connectivity index is 1.51. The molecule has 1 saturated heterocycles. The van der Waals surface area contributed by atoms with E-state index in [2.05, 4.69) is 10.3 Å². The standard InChI is InChI=1S/C22H24ClF3N4O3/c1-29(13-19(31)28-16-3-5-17(33-2)6-4-16)21(32)14-7-9-30(10-8-14)20-18(23)11-15(12-27-20)22(24,25)26/h3-6,11-12,14H,7-10,13H2,1-2H3,(H,28,31). The first-order valence-electron chi connectivity index (χ1n) is 10.2. The van der Waals surface area contributed by atoms with Crippen LogP contribution in [0.5, 0.6) is 5.75 Å². The van der Waals surface area contributed by atoms with Crippen molar-refractivity contribution >= 4 is 34.9 Å². The molecule has 0 radical (unpaired) electrons. The Hall–Kier alpha value is -3.01. The molecule has 0 bridgehead atoms. The van der Waals surface area contributed by atoms with Gasteiger partial charge in [0.15, 0.2) is 0 Å². The van der Waals surface area contributed by atoms with E-state index in [0.717, 1.165) is 12.3 Å². The number of anilines is 2. The average molecular weight is 485 g/mol. The fourth-order valence-corrected chi connectivity index (χ4v) is 3.92. The van der Waals surface area contributed by atoms with Gasteiger partial charge >= 0.3 is 6.18 Å². The van der Waals surface area contributed by atoms with Crippen molar-refractivity contribution in [1.82, 2.24) is 9.88 Å². The number of likely N-dealkylation sites (N-methyl/N-ethyl adjacent to an activating group) is 1. The van der Waals surface area contributed by atoms with E-state index < -0.39 is 11.7 Å². The maximum absolute atomic E-state index is 12.8. The van der Waals surface area contributed by atoms with Crippen LogP contribution < -0.4 is 15.0 Å². The van der Waals surface area contributed by atoms with Crippen LogP contribution in [-0.2, 0) is 15.8 Å². The third-order valence-electron chi connectivity index (χ3n) is 5.42. The van der Waals surface area contributed by atoms with Gasteiger partial charge in [-0.15, -0.1) is 0 Å². The molecule has 1 fully saturated rings. The van der Waals surface area contributed by atoms with Gasteiger partial charge in [-0.2, -0.15) is 13.2 Å². The van der Waals surface area contributed by atoms with Crippen molar-refractivity contribution in [3.05, 3.63) is 47.1 Å². The average Bonchev–Trinajstić information content (AvgIpc) is 2.78. The minimum Gasteiger partial charge on any atom is -0.497 e. The lowest BCUT2D eigenvalue weighted by molar-refractivity contribution is -0.138. The van der Waals surface area contributed by atoms with Crippen LogP contribution in [0.4, 0.5) is 24.7 Å². The Morgan fingerprint density at radius 2 is 1.88 bits per heavy atom. The van der Waals surface area contributed by atoms with Gasteiger partial charge < -0.3 is 19.9 Å². The van der Waals surface area contributed by atoms with Crippen molar-refractivity contribution in [3.8, 4) is 5.75 Å². The summed E-state index contributed by atoms with van der Waals surface area (Å²) in [4.78, 5) is 32.1. The molecule has 33 heavy (non-hydrogen) atoms. The summed E-state index contributed by atoms with van der Waals surface area (Å²) in [5.74, 6) is 0.149. The van der Waals surface area contributed by atoms with E-state index in [0.29, 0.717) is 37.4 Å². The van der Waals surface area contributed by atoms with E-state index in [-0.39, 0.29) is 35.1 Å². The highest BCUT2D eigenvalue weighted by atomic mass is 35.5. The molecule has 3 rings (SSSR count). The Bertz CT molecular complexity index is 993. The second-order valence-corrected chi connectivity index (χ2v) is 8.17. The van der Waals surface area contributed by atoms with E-state index in [1.54, 1.807) is 43.3 Å². The molecule has 2 heterocycles. The molecular weight excluding hydrogens is 461 g/mol. The molecule has 11 heteroatoms. The summed E-state index contributed by atoms with van der Waals surface area (Å²) in [6.45, 7) is 0.734. The number of halogens is 4. The lowest BCUT2D eigenvalue weighted by Gasteiger charge is -2.34. The van der Waals surface area contributed by atoms with Crippen molar-refractivity contribution in [2.45, 2.75) is 19.0 Å². The summed E-state index contributed by atoms with van der Waals surface area (Å²) in [7, 11) is 3.11. The Morgan fingerprint density at radius 1 is 1.24 bits per heavy atom. The van der Waals surface area contributed by atoms with Crippen LogP contribution in [-0.4, -0.2) is 55.5 Å². The summed E-state index contributed by atoms with van der Waals surface area (Å²) in [6, 6.07) is 7.70. The van der Waals surface area contributed by atoms with Gasteiger partial charge in [0.25, 0.3) is 0 Å². The molecule has 2 amide bonds. The van der Waals surface area contributed by atoms with Crippen LogP contribution >= 0.6 is 11.6 Å². The van der Waals surface area contributed by atoms with Crippen molar-refractivity contribution in [2.24, 2.45) is 5.92 Å². The Morgan fingerprint density at radius 3 is 2.42 bits per heavy atom. The van der Waals surface area contributed by atoms with Crippen LogP contribution in [0.1, 0.15) is 18.4 Å². The van der Waals surface area contributed by atoms with Crippen LogP contribution in [0, 0.1) is 5.92 Å². The minimum atomic E-state index is -4.52. The normalized spacial score (nSPS) is 14.7. The number of alkyl halides is 3. The van der Waals surface area contributed by atoms with Crippen molar-refractivity contribution in [3.63, 3.8) is 0 Å². The largest absolute Gasteiger partial charge is 0.497 e. The monoisotopic (exact) mass is 484 g/mol. The smallest absolute Gasteiger partial charge is 0.417 e. The zero-order valence-electron chi connectivity index (χ0n) is 18.2. The second kappa shape index (κ2) is 10.3. The summed E-state index contributed by atoms with van der Waals surface area (Å²) < 4.78 is 43.5. The third-order valence-corrected chi connectivity index (χ3v) is 5.70. The molecule has 1 aliphatic heterocycles. The molecule has 0 aliphatic carbocycles. The molecule has 0 spiro atoms.